The molecule has 1 N–H and O–H groups in total. The number of nitrogens with zero attached hydrogens (tertiary/aromatic N) is 1. The maximum absolute atomic E-state index is 12.2. The lowest BCUT2D eigenvalue weighted by molar-refractivity contribution is -0.133. The molecule has 27 heavy (non-hydrogen) atoms. The maximum atomic E-state index is 12.2. The van der Waals surface area contributed by atoms with Crippen LogP contribution in [0.25, 0.3) is 0 Å². The summed E-state index contributed by atoms with van der Waals surface area (Å²) in [6, 6.07) is 13.4. The first-order valence-corrected chi connectivity index (χ1v) is 10.2. The van der Waals surface area contributed by atoms with Gasteiger partial charge in [-0.2, -0.15) is 0 Å². The average molecular weight is 405 g/mol. The van der Waals surface area contributed by atoms with Gasteiger partial charge in [-0.15, -0.1) is 11.8 Å². The van der Waals surface area contributed by atoms with Crippen LogP contribution in [0.2, 0.25) is 5.02 Å². The van der Waals surface area contributed by atoms with Crippen molar-refractivity contribution in [2.24, 2.45) is 0 Å². The summed E-state index contributed by atoms with van der Waals surface area (Å²) in [6.07, 6.45) is 1.18. The first kappa shape index (κ1) is 21.3. The molecular weight excluding hydrogens is 380 g/mol. The van der Waals surface area contributed by atoms with Gasteiger partial charge in [0.05, 0.1) is 6.54 Å². The van der Waals surface area contributed by atoms with Gasteiger partial charge >= 0.3 is 0 Å². The Balaban J connectivity index is 1.72. The molecule has 0 spiro atoms. The number of rotatable bonds is 8. The normalized spacial score (nSPS) is 10.5. The molecule has 2 aromatic rings. The lowest BCUT2D eigenvalue weighted by Crippen LogP contribution is -2.35. The zero-order chi connectivity index (χ0) is 19.8. The Morgan fingerprint density at radius 2 is 1.81 bits per heavy atom. The van der Waals surface area contributed by atoms with Crippen LogP contribution < -0.4 is 5.32 Å². The van der Waals surface area contributed by atoms with Crippen molar-refractivity contribution in [3.63, 3.8) is 0 Å². The van der Waals surface area contributed by atoms with Gasteiger partial charge in [-0.1, -0.05) is 23.7 Å². The SMILES string of the molecule is Cc1cccc(NC(=O)CN(C)C(=O)CCCSc2ccc(Cl)cc2)c1C. The van der Waals surface area contributed by atoms with E-state index in [0.29, 0.717) is 6.42 Å². The molecule has 0 fully saturated rings. The molecule has 0 heterocycles. The van der Waals surface area contributed by atoms with Gasteiger partial charge < -0.3 is 10.2 Å². The van der Waals surface area contributed by atoms with Gasteiger partial charge in [-0.05, 0) is 67.5 Å². The summed E-state index contributed by atoms with van der Waals surface area (Å²) < 4.78 is 0. The molecule has 0 aromatic heterocycles. The Labute approximate surface area is 170 Å². The number of halogens is 1. The van der Waals surface area contributed by atoms with E-state index in [4.69, 9.17) is 11.6 Å². The van der Waals surface area contributed by atoms with Crippen molar-refractivity contribution in [3.8, 4) is 0 Å². The minimum absolute atomic E-state index is 0.0252. The van der Waals surface area contributed by atoms with Crippen LogP contribution in [0.4, 0.5) is 5.69 Å². The van der Waals surface area contributed by atoms with Crippen LogP contribution in [-0.2, 0) is 9.59 Å². The van der Waals surface area contributed by atoms with Crippen LogP contribution in [0.5, 0.6) is 0 Å². The quantitative estimate of drug-likeness (QED) is 0.501. The van der Waals surface area contributed by atoms with E-state index in [0.717, 1.165) is 38.9 Å². The number of likely N-dealkylation sites (N-methyl/N-ethyl adjacent to an activating group) is 1. The van der Waals surface area contributed by atoms with E-state index in [2.05, 4.69) is 5.32 Å². The Morgan fingerprint density at radius 1 is 1.11 bits per heavy atom. The molecule has 0 unspecified atom stereocenters. The van der Waals surface area contributed by atoms with Gasteiger partial charge in [0.15, 0.2) is 0 Å². The number of carbonyl (C=O) groups is 2. The van der Waals surface area contributed by atoms with Crippen LogP contribution in [0.15, 0.2) is 47.4 Å². The second-order valence-electron chi connectivity index (χ2n) is 6.45. The number of anilines is 1. The number of nitrogens with one attached hydrogen (secondary N) is 1. The Kier molecular flexibility index (Phi) is 8.20. The fourth-order valence-corrected chi connectivity index (χ4v) is 3.49. The molecule has 0 aliphatic rings. The van der Waals surface area contributed by atoms with Gasteiger partial charge in [-0.3, -0.25) is 9.59 Å². The predicted molar refractivity (Wildman–Crippen MR) is 114 cm³/mol. The highest BCUT2D eigenvalue weighted by molar-refractivity contribution is 7.99. The lowest BCUT2D eigenvalue weighted by Gasteiger charge is -2.17. The number of hydrogen-bond donors (Lipinski definition) is 1. The number of thioether (sulfide) groups is 1. The Hall–Kier alpha value is -1.98. The van der Waals surface area contributed by atoms with E-state index < -0.39 is 0 Å². The Bertz CT molecular complexity index is 793. The van der Waals surface area contributed by atoms with Crippen molar-refractivity contribution in [1.82, 2.24) is 4.90 Å². The summed E-state index contributed by atoms with van der Waals surface area (Å²) in [7, 11) is 1.66. The fraction of sp³-hybridized carbons (Fsp3) is 0.333. The standard InChI is InChI=1S/C21H25ClN2O2S/c1-15-6-4-7-19(16(15)2)23-20(25)14-24(3)21(26)8-5-13-27-18-11-9-17(22)10-12-18/h4,6-7,9-12H,5,8,13-14H2,1-3H3,(H,23,25). The molecule has 4 nitrogen and oxygen atoms in total. The van der Waals surface area contributed by atoms with Crippen molar-refractivity contribution < 1.29 is 9.59 Å². The highest BCUT2D eigenvalue weighted by Gasteiger charge is 2.13. The molecule has 0 aliphatic heterocycles. The predicted octanol–water partition coefficient (Wildman–Crippen LogP) is 4.93. The van der Waals surface area contributed by atoms with E-state index in [1.54, 1.807) is 18.8 Å². The minimum atomic E-state index is -0.185. The van der Waals surface area contributed by atoms with E-state index in [9.17, 15) is 9.59 Å². The number of benzene rings is 2. The maximum Gasteiger partial charge on any atom is 0.243 e. The monoisotopic (exact) mass is 404 g/mol. The molecule has 2 amide bonds. The number of aryl methyl sites for hydroxylation is 1. The van der Waals surface area contributed by atoms with Crippen LogP contribution >= 0.6 is 23.4 Å². The van der Waals surface area contributed by atoms with Crippen LogP contribution in [0.3, 0.4) is 0 Å². The summed E-state index contributed by atoms with van der Waals surface area (Å²) >= 11 is 7.56. The fourth-order valence-electron chi connectivity index (χ4n) is 2.51. The first-order valence-electron chi connectivity index (χ1n) is 8.85. The summed E-state index contributed by atoms with van der Waals surface area (Å²) in [5, 5.41) is 3.60. The summed E-state index contributed by atoms with van der Waals surface area (Å²) in [5.41, 5.74) is 2.95. The van der Waals surface area contributed by atoms with E-state index in [1.807, 2.05) is 56.3 Å². The molecule has 0 saturated heterocycles. The van der Waals surface area contributed by atoms with E-state index >= 15 is 0 Å². The van der Waals surface area contributed by atoms with Gasteiger partial charge in [0, 0.05) is 29.1 Å². The second kappa shape index (κ2) is 10.4. The average Bonchev–Trinajstić information content (AvgIpc) is 2.63. The number of amides is 2. The van der Waals surface area contributed by atoms with Gasteiger partial charge in [0.25, 0.3) is 0 Å². The highest BCUT2D eigenvalue weighted by Crippen LogP contribution is 2.21. The molecule has 144 valence electrons. The first-order chi connectivity index (χ1) is 12.9. The van der Waals surface area contributed by atoms with Crippen molar-refractivity contribution in [2.75, 3.05) is 24.7 Å². The van der Waals surface area contributed by atoms with Gasteiger partial charge in [0.2, 0.25) is 11.8 Å². The summed E-state index contributed by atoms with van der Waals surface area (Å²) in [4.78, 5) is 27.1. The zero-order valence-electron chi connectivity index (χ0n) is 15.9. The smallest absolute Gasteiger partial charge is 0.243 e. The number of carbonyl (C=O) groups excluding carboxylic acids is 2. The van der Waals surface area contributed by atoms with Crippen molar-refractivity contribution in [3.05, 3.63) is 58.6 Å². The minimum Gasteiger partial charge on any atom is -0.336 e. The summed E-state index contributed by atoms with van der Waals surface area (Å²) in [5.74, 6) is 0.633. The molecule has 0 atom stereocenters. The molecule has 6 heteroatoms. The number of hydrogen-bond acceptors (Lipinski definition) is 3. The van der Waals surface area contributed by atoms with Crippen molar-refractivity contribution >= 4 is 40.9 Å². The highest BCUT2D eigenvalue weighted by atomic mass is 35.5. The van der Waals surface area contributed by atoms with Crippen LogP contribution in [0.1, 0.15) is 24.0 Å². The van der Waals surface area contributed by atoms with Gasteiger partial charge in [0.1, 0.15) is 0 Å². The zero-order valence-corrected chi connectivity index (χ0v) is 17.5. The lowest BCUT2D eigenvalue weighted by atomic mass is 10.1. The molecule has 0 aliphatic carbocycles. The third-order valence-corrected chi connectivity index (χ3v) is 5.65. The molecular formula is C21H25ClN2O2S. The molecule has 2 aromatic carbocycles. The third kappa shape index (κ3) is 6.92. The Morgan fingerprint density at radius 3 is 2.52 bits per heavy atom. The summed E-state index contributed by atoms with van der Waals surface area (Å²) in [6.45, 7) is 4.03. The van der Waals surface area contributed by atoms with E-state index in [-0.39, 0.29) is 18.4 Å². The van der Waals surface area contributed by atoms with Crippen LogP contribution in [-0.4, -0.2) is 36.1 Å². The molecule has 0 saturated carbocycles. The second-order valence-corrected chi connectivity index (χ2v) is 8.06. The van der Waals surface area contributed by atoms with E-state index in [1.165, 1.54) is 4.90 Å². The molecule has 0 bridgehead atoms. The largest absolute Gasteiger partial charge is 0.336 e. The van der Waals surface area contributed by atoms with Crippen molar-refractivity contribution in [2.45, 2.75) is 31.6 Å². The van der Waals surface area contributed by atoms with Gasteiger partial charge in [-0.25, -0.2) is 0 Å². The molecule has 2 rings (SSSR count). The topological polar surface area (TPSA) is 49.4 Å². The third-order valence-electron chi connectivity index (χ3n) is 4.30. The van der Waals surface area contributed by atoms with Crippen molar-refractivity contribution in [1.29, 1.82) is 0 Å². The van der Waals surface area contributed by atoms with Crippen LogP contribution in [0, 0.1) is 13.8 Å². The molecule has 0 radical (unpaired) electrons.